The molecular weight excluding hydrogens is 256 g/mol. The van der Waals surface area contributed by atoms with E-state index >= 15 is 0 Å². The maximum absolute atomic E-state index is 11.2. The van der Waals surface area contributed by atoms with Gasteiger partial charge in [-0.15, -0.1) is 0 Å². The summed E-state index contributed by atoms with van der Waals surface area (Å²) in [6, 6.07) is 8.25. The van der Waals surface area contributed by atoms with Gasteiger partial charge in [0, 0.05) is 4.47 Å². The molecule has 1 aromatic carbocycles. The van der Waals surface area contributed by atoms with Gasteiger partial charge in [-0.25, -0.2) is 0 Å². The first-order valence-electron chi connectivity index (χ1n) is 5.03. The minimum absolute atomic E-state index is 0.0582. The van der Waals surface area contributed by atoms with Crippen LogP contribution in [0.5, 0.6) is 0 Å². The van der Waals surface area contributed by atoms with Gasteiger partial charge >= 0.3 is 5.97 Å². The molecule has 0 saturated heterocycles. The van der Waals surface area contributed by atoms with Crippen molar-refractivity contribution in [2.75, 3.05) is 7.11 Å². The Labute approximate surface area is 97.8 Å². The normalized spacial score (nSPS) is 23.6. The number of benzene rings is 1. The molecule has 0 amide bonds. The summed E-state index contributed by atoms with van der Waals surface area (Å²) in [5, 5.41) is 0. The molecule has 1 saturated carbocycles. The molecule has 2 rings (SSSR count). The van der Waals surface area contributed by atoms with E-state index in [2.05, 4.69) is 28.1 Å². The number of ether oxygens (including phenoxy) is 1. The average molecular weight is 269 g/mol. The fraction of sp³-hybridized carbons (Fsp3) is 0.417. The molecule has 1 aromatic rings. The van der Waals surface area contributed by atoms with Crippen molar-refractivity contribution < 1.29 is 9.53 Å². The van der Waals surface area contributed by atoms with Gasteiger partial charge in [0.05, 0.1) is 13.0 Å². The summed E-state index contributed by atoms with van der Waals surface area (Å²) in [6.07, 6.45) is 1.95. The molecule has 0 spiro atoms. The van der Waals surface area contributed by atoms with Crippen LogP contribution in [0.15, 0.2) is 28.7 Å². The van der Waals surface area contributed by atoms with Crippen molar-refractivity contribution in [3.05, 3.63) is 34.3 Å². The number of carbonyl (C=O) groups is 1. The number of carbonyl (C=O) groups excluding carboxylic acids is 1. The molecule has 0 aliphatic heterocycles. The highest BCUT2D eigenvalue weighted by molar-refractivity contribution is 9.10. The number of hydrogen-bond acceptors (Lipinski definition) is 2. The Balaban J connectivity index is 1.90. The third-order valence-electron chi connectivity index (χ3n) is 2.84. The molecule has 0 heterocycles. The fourth-order valence-corrected chi connectivity index (χ4v) is 2.10. The van der Waals surface area contributed by atoms with Gasteiger partial charge in [-0.2, -0.15) is 0 Å². The molecule has 2 nitrogen and oxygen atoms in total. The molecule has 1 fully saturated rings. The van der Waals surface area contributed by atoms with E-state index in [1.165, 1.54) is 12.7 Å². The van der Waals surface area contributed by atoms with Crippen molar-refractivity contribution in [3.8, 4) is 0 Å². The summed E-state index contributed by atoms with van der Waals surface area (Å²) in [5.41, 5.74) is 1.29. The highest BCUT2D eigenvalue weighted by Gasteiger charge is 2.43. The molecule has 0 N–H and O–H groups in total. The van der Waals surface area contributed by atoms with Crippen LogP contribution in [0.2, 0.25) is 0 Å². The van der Waals surface area contributed by atoms with Crippen LogP contribution in [-0.2, 0) is 16.0 Å². The number of halogens is 1. The van der Waals surface area contributed by atoms with Gasteiger partial charge in [-0.3, -0.25) is 4.79 Å². The molecule has 80 valence electrons. The highest BCUT2D eigenvalue weighted by atomic mass is 79.9. The van der Waals surface area contributed by atoms with Crippen molar-refractivity contribution >= 4 is 21.9 Å². The second-order valence-electron chi connectivity index (χ2n) is 3.96. The number of rotatable bonds is 3. The summed E-state index contributed by atoms with van der Waals surface area (Å²) in [4.78, 5) is 11.2. The van der Waals surface area contributed by atoms with Crippen molar-refractivity contribution in [3.63, 3.8) is 0 Å². The van der Waals surface area contributed by atoms with Gasteiger partial charge in [0.1, 0.15) is 0 Å². The summed E-state index contributed by atoms with van der Waals surface area (Å²) in [6.45, 7) is 0. The SMILES string of the molecule is COC(=O)[C@@H]1C[C@H]1Cc1ccc(Br)cc1. The third kappa shape index (κ3) is 2.59. The molecule has 15 heavy (non-hydrogen) atoms. The lowest BCUT2D eigenvalue weighted by Gasteiger charge is -2.00. The smallest absolute Gasteiger partial charge is 0.308 e. The lowest BCUT2D eigenvalue weighted by Crippen LogP contribution is -2.05. The van der Waals surface area contributed by atoms with Crippen LogP contribution in [0.3, 0.4) is 0 Å². The third-order valence-corrected chi connectivity index (χ3v) is 3.37. The number of hydrogen-bond donors (Lipinski definition) is 0. The Hall–Kier alpha value is -0.830. The Kier molecular flexibility index (Phi) is 3.10. The standard InChI is InChI=1S/C12H13BrO2/c1-15-12(14)11-7-9(11)6-8-2-4-10(13)5-3-8/h2-5,9,11H,6-7H2,1H3/t9-,11-/m1/s1. The Morgan fingerprint density at radius 3 is 2.73 bits per heavy atom. The van der Waals surface area contributed by atoms with E-state index in [9.17, 15) is 4.79 Å². The first-order valence-corrected chi connectivity index (χ1v) is 5.82. The molecule has 0 bridgehead atoms. The summed E-state index contributed by atoms with van der Waals surface area (Å²) >= 11 is 3.40. The zero-order valence-electron chi connectivity index (χ0n) is 8.57. The zero-order valence-corrected chi connectivity index (χ0v) is 10.2. The molecule has 1 aliphatic carbocycles. The summed E-state index contributed by atoms with van der Waals surface area (Å²) in [7, 11) is 1.46. The van der Waals surface area contributed by atoms with Crippen molar-refractivity contribution in [1.82, 2.24) is 0 Å². The van der Waals surface area contributed by atoms with E-state index in [4.69, 9.17) is 4.74 Å². The highest BCUT2D eigenvalue weighted by Crippen LogP contribution is 2.41. The topological polar surface area (TPSA) is 26.3 Å². The Morgan fingerprint density at radius 2 is 2.13 bits per heavy atom. The van der Waals surface area contributed by atoms with Gasteiger partial charge in [-0.05, 0) is 36.5 Å². The summed E-state index contributed by atoms with van der Waals surface area (Å²) in [5.74, 6) is 0.564. The fourth-order valence-electron chi connectivity index (χ4n) is 1.84. The van der Waals surface area contributed by atoms with E-state index in [-0.39, 0.29) is 11.9 Å². The largest absolute Gasteiger partial charge is 0.469 e. The molecule has 3 heteroatoms. The van der Waals surface area contributed by atoms with E-state index < -0.39 is 0 Å². The molecule has 1 aliphatic rings. The maximum atomic E-state index is 11.2. The van der Waals surface area contributed by atoms with Gasteiger partial charge in [-0.1, -0.05) is 28.1 Å². The van der Waals surface area contributed by atoms with Crippen LogP contribution in [0, 0.1) is 11.8 Å². The van der Waals surface area contributed by atoms with Crippen LogP contribution < -0.4 is 0 Å². The van der Waals surface area contributed by atoms with Crippen LogP contribution in [0.4, 0.5) is 0 Å². The van der Waals surface area contributed by atoms with E-state index in [1.807, 2.05) is 12.1 Å². The van der Waals surface area contributed by atoms with E-state index in [1.54, 1.807) is 0 Å². The average Bonchev–Trinajstić information content (AvgIpc) is 3.00. The van der Waals surface area contributed by atoms with E-state index in [0.717, 1.165) is 17.3 Å². The monoisotopic (exact) mass is 268 g/mol. The molecule has 0 radical (unpaired) electrons. The van der Waals surface area contributed by atoms with Crippen molar-refractivity contribution in [2.45, 2.75) is 12.8 Å². The Morgan fingerprint density at radius 1 is 1.47 bits per heavy atom. The van der Waals surface area contributed by atoms with Gasteiger partial charge in [0.15, 0.2) is 0 Å². The van der Waals surface area contributed by atoms with Crippen LogP contribution in [0.25, 0.3) is 0 Å². The minimum atomic E-state index is -0.0582. The summed E-state index contributed by atoms with van der Waals surface area (Å²) < 4.78 is 5.80. The lowest BCUT2D eigenvalue weighted by atomic mass is 10.1. The number of methoxy groups -OCH3 is 1. The predicted octanol–water partition coefficient (Wildman–Crippen LogP) is 2.80. The predicted molar refractivity (Wildman–Crippen MR) is 61.5 cm³/mol. The first kappa shape index (κ1) is 10.7. The second-order valence-corrected chi connectivity index (χ2v) is 4.87. The quantitative estimate of drug-likeness (QED) is 0.789. The van der Waals surface area contributed by atoms with Gasteiger partial charge in [0.25, 0.3) is 0 Å². The Bertz CT molecular complexity index is 358. The van der Waals surface area contributed by atoms with Gasteiger partial charge in [0.2, 0.25) is 0 Å². The molecule has 0 aromatic heterocycles. The van der Waals surface area contributed by atoms with Crippen LogP contribution >= 0.6 is 15.9 Å². The van der Waals surface area contributed by atoms with Crippen LogP contribution in [0.1, 0.15) is 12.0 Å². The maximum Gasteiger partial charge on any atom is 0.308 e. The van der Waals surface area contributed by atoms with Crippen molar-refractivity contribution in [1.29, 1.82) is 0 Å². The van der Waals surface area contributed by atoms with Crippen molar-refractivity contribution in [2.24, 2.45) is 11.8 Å². The van der Waals surface area contributed by atoms with Crippen LogP contribution in [-0.4, -0.2) is 13.1 Å². The first-order chi connectivity index (χ1) is 7.20. The molecular formula is C12H13BrO2. The van der Waals surface area contributed by atoms with Gasteiger partial charge < -0.3 is 4.74 Å². The zero-order chi connectivity index (χ0) is 10.8. The second kappa shape index (κ2) is 4.35. The lowest BCUT2D eigenvalue weighted by molar-refractivity contribution is -0.142. The molecule has 0 unspecified atom stereocenters. The number of esters is 1. The molecule has 2 atom stereocenters. The van der Waals surface area contributed by atoms with E-state index in [0.29, 0.717) is 5.92 Å². The minimum Gasteiger partial charge on any atom is -0.469 e.